The predicted octanol–water partition coefficient (Wildman–Crippen LogP) is 3.05. The Labute approximate surface area is 118 Å². The van der Waals surface area contributed by atoms with E-state index in [0.717, 1.165) is 43.2 Å². The predicted molar refractivity (Wildman–Crippen MR) is 77.3 cm³/mol. The second-order valence-corrected chi connectivity index (χ2v) is 6.13. The fourth-order valence-corrected chi connectivity index (χ4v) is 3.34. The van der Waals surface area contributed by atoms with Crippen LogP contribution in [0.3, 0.4) is 0 Å². The van der Waals surface area contributed by atoms with E-state index in [4.69, 9.17) is 0 Å². The topological polar surface area (TPSA) is 29.9 Å². The van der Waals surface area contributed by atoms with Gasteiger partial charge < -0.3 is 9.88 Å². The molecule has 0 amide bonds. The van der Waals surface area contributed by atoms with E-state index in [1.165, 1.54) is 25.3 Å². The van der Waals surface area contributed by atoms with Crippen molar-refractivity contribution in [1.29, 1.82) is 0 Å². The van der Waals surface area contributed by atoms with Gasteiger partial charge in [-0.25, -0.2) is 9.37 Å². The molecule has 3 nitrogen and oxygen atoms in total. The summed E-state index contributed by atoms with van der Waals surface area (Å²) < 4.78 is 16.2. The summed E-state index contributed by atoms with van der Waals surface area (Å²) in [6, 6.07) is 5.86. The van der Waals surface area contributed by atoms with Gasteiger partial charge in [-0.05, 0) is 56.8 Å². The highest BCUT2D eigenvalue weighted by molar-refractivity contribution is 5.77. The number of fused-ring (bicyclic) bond motifs is 1. The Morgan fingerprint density at radius 3 is 2.95 bits per heavy atom. The lowest BCUT2D eigenvalue weighted by molar-refractivity contribution is 0.515. The Morgan fingerprint density at radius 2 is 2.20 bits per heavy atom. The zero-order valence-corrected chi connectivity index (χ0v) is 11.6. The highest BCUT2D eigenvalue weighted by atomic mass is 19.1. The highest BCUT2D eigenvalue weighted by Crippen LogP contribution is 2.39. The van der Waals surface area contributed by atoms with Crippen molar-refractivity contribution in [3.05, 3.63) is 29.8 Å². The maximum absolute atomic E-state index is 13.9. The van der Waals surface area contributed by atoms with Gasteiger partial charge in [-0.15, -0.1) is 0 Å². The Kier molecular flexibility index (Phi) is 2.99. The van der Waals surface area contributed by atoms with Crippen LogP contribution in [0.4, 0.5) is 4.39 Å². The number of halogens is 1. The molecule has 2 aliphatic rings. The van der Waals surface area contributed by atoms with Gasteiger partial charge in [0, 0.05) is 12.5 Å². The average molecular weight is 273 g/mol. The van der Waals surface area contributed by atoms with Gasteiger partial charge in [0.1, 0.15) is 11.3 Å². The molecule has 4 rings (SSSR count). The van der Waals surface area contributed by atoms with Gasteiger partial charge in [-0.2, -0.15) is 0 Å². The van der Waals surface area contributed by atoms with E-state index in [1.54, 1.807) is 6.07 Å². The molecule has 0 bridgehead atoms. The van der Waals surface area contributed by atoms with Crippen LogP contribution < -0.4 is 5.32 Å². The summed E-state index contributed by atoms with van der Waals surface area (Å²) in [5.74, 6) is 1.65. The van der Waals surface area contributed by atoms with Crippen LogP contribution >= 0.6 is 0 Å². The third kappa shape index (κ3) is 2.12. The summed E-state index contributed by atoms with van der Waals surface area (Å²) in [5.41, 5.74) is 1.53. The number of nitrogens with one attached hydrogen (secondary N) is 1. The first kappa shape index (κ1) is 12.3. The van der Waals surface area contributed by atoms with Crippen molar-refractivity contribution in [2.75, 3.05) is 13.1 Å². The maximum Gasteiger partial charge on any atom is 0.151 e. The molecule has 2 fully saturated rings. The number of hydrogen-bond acceptors (Lipinski definition) is 2. The molecule has 1 aromatic heterocycles. The van der Waals surface area contributed by atoms with Crippen LogP contribution in [0.5, 0.6) is 0 Å². The Balaban J connectivity index is 1.66. The fraction of sp³-hybridized carbons (Fsp3) is 0.562. The molecule has 1 aromatic carbocycles. The lowest BCUT2D eigenvalue weighted by Gasteiger charge is -2.10. The number of imidazole rings is 1. The molecular weight excluding hydrogens is 253 g/mol. The van der Waals surface area contributed by atoms with Gasteiger partial charge >= 0.3 is 0 Å². The van der Waals surface area contributed by atoms with Crippen molar-refractivity contribution < 1.29 is 4.39 Å². The highest BCUT2D eigenvalue weighted by Gasteiger charge is 2.29. The van der Waals surface area contributed by atoms with Crippen LogP contribution in [-0.2, 0) is 6.42 Å². The summed E-state index contributed by atoms with van der Waals surface area (Å²) >= 11 is 0. The van der Waals surface area contributed by atoms with E-state index in [-0.39, 0.29) is 5.82 Å². The Bertz CT molecular complexity index is 624. The zero-order chi connectivity index (χ0) is 13.5. The number of aryl methyl sites for hydroxylation is 1. The maximum atomic E-state index is 13.9. The summed E-state index contributed by atoms with van der Waals surface area (Å²) in [7, 11) is 0. The van der Waals surface area contributed by atoms with Gasteiger partial charge in [0.25, 0.3) is 0 Å². The molecule has 0 spiro atoms. The molecule has 1 atom stereocenters. The van der Waals surface area contributed by atoms with Crippen LogP contribution in [0, 0.1) is 11.7 Å². The molecular formula is C16H20FN3. The molecule has 1 aliphatic carbocycles. The van der Waals surface area contributed by atoms with Crippen molar-refractivity contribution in [3.63, 3.8) is 0 Å². The second-order valence-electron chi connectivity index (χ2n) is 6.13. The fourth-order valence-electron chi connectivity index (χ4n) is 3.34. The van der Waals surface area contributed by atoms with E-state index in [9.17, 15) is 4.39 Å². The van der Waals surface area contributed by atoms with E-state index >= 15 is 0 Å². The SMILES string of the molecule is Fc1cccc2c1nc(CCC1CCNC1)n2C1CC1. The molecule has 2 aromatic rings. The summed E-state index contributed by atoms with van der Waals surface area (Å²) in [6.07, 6.45) is 5.81. The van der Waals surface area contributed by atoms with E-state index in [1.807, 2.05) is 6.07 Å². The smallest absolute Gasteiger partial charge is 0.151 e. The van der Waals surface area contributed by atoms with E-state index < -0.39 is 0 Å². The summed E-state index contributed by atoms with van der Waals surface area (Å²) in [4.78, 5) is 4.60. The minimum Gasteiger partial charge on any atom is -0.325 e. The van der Waals surface area contributed by atoms with Crippen LogP contribution in [0.25, 0.3) is 11.0 Å². The lowest BCUT2D eigenvalue weighted by Crippen LogP contribution is -2.11. The van der Waals surface area contributed by atoms with Gasteiger partial charge in [0.15, 0.2) is 5.82 Å². The van der Waals surface area contributed by atoms with Gasteiger partial charge in [-0.3, -0.25) is 0 Å². The molecule has 1 saturated carbocycles. The average Bonchev–Trinajstić information content (AvgIpc) is 3.02. The molecule has 1 aliphatic heterocycles. The third-order valence-corrected chi connectivity index (χ3v) is 4.59. The normalized spacial score (nSPS) is 22.8. The summed E-state index contributed by atoms with van der Waals surface area (Å²) in [5, 5.41) is 3.41. The number of hydrogen-bond donors (Lipinski definition) is 1. The van der Waals surface area contributed by atoms with Crippen molar-refractivity contribution in [3.8, 4) is 0 Å². The molecule has 106 valence electrons. The first-order chi connectivity index (χ1) is 9.83. The number of nitrogens with zero attached hydrogens (tertiary/aromatic N) is 2. The summed E-state index contributed by atoms with van der Waals surface area (Å²) in [6.45, 7) is 2.26. The third-order valence-electron chi connectivity index (χ3n) is 4.59. The number of benzene rings is 1. The van der Waals surface area contributed by atoms with Crippen LogP contribution in [0.2, 0.25) is 0 Å². The monoisotopic (exact) mass is 273 g/mol. The quantitative estimate of drug-likeness (QED) is 0.928. The number of aromatic nitrogens is 2. The molecule has 1 saturated heterocycles. The first-order valence-electron chi connectivity index (χ1n) is 7.69. The molecule has 1 N–H and O–H groups in total. The number of rotatable bonds is 4. The zero-order valence-electron chi connectivity index (χ0n) is 11.6. The molecule has 1 unspecified atom stereocenters. The number of para-hydroxylation sites is 1. The van der Waals surface area contributed by atoms with Crippen molar-refractivity contribution in [2.24, 2.45) is 5.92 Å². The van der Waals surface area contributed by atoms with Gasteiger partial charge in [0.05, 0.1) is 5.52 Å². The minimum atomic E-state index is -0.189. The Morgan fingerprint density at radius 1 is 1.30 bits per heavy atom. The second kappa shape index (κ2) is 4.85. The van der Waals surface area contributed by atoms with Gasteiger partial charge in [-0.1, -0.05) is 6.07 Å². The minimum absolute atomic E-state index is 0.189. The van der Waals surface area contributed by atoms with Gasteiger partial charge in [0.2, 0.25) is 0 Å². The van der Waals surface area contributed by atoms with E-state index in [2.05, 4.69) is 14.9 Å². The molecule has 0 radical (unpaired) electrons. The van der Waals surface area contributed by atoms with Crippen LogP contribution in [0.1, 0.15) is 37.5 Å². The lowest BCUT2D eigenvalue weighted by atomic mass is 10.0. The first-order valence-corrected chi connectivity index (χ1v) is 7.69. The van der Waals surface area contributed by atoms with Crippen molar-refractivity contribution in [1.82, 2.24) is 14.9 Å². The molecule has 20 heavy (non-hydrogen) atoms. The van der Waals surface area contributed by atoms with Crippen LogP contribution in [-0.4, -0.2) is 22.6 Å². The molecule has 2 heterocycles. The van der Waals surface area contributed by atoms with Crippen molar-refractivity contribution >= 4 is 11.0 Å². The van der Waals surface area contributed by atoms with Crippen molar-refractivity contribution in [2.45, 2.75) is 38.1 Å². The van der Waals surface area contributed by atoms with E-state index in [0.29, 0.717) is 11.6 Å². The Hall–Kier alpha value is -1.42. The van der Waals surface area contributed by atoms with Crippen LogP contribution in [0.15, 0.2) is 18.2 Å². The largest absolute Gasteiger partial charge is 0.325 e. The molecule has 4 heteroatoms. The standard InChI is InChI=1S/C16H20FN3/c17-13-2-1-3-14-16(13)19-15(20(14)12-5-6-12)7-4-11-8-9-18-10-11/h1-3,11-12,18H,4-10H2.